The molecule has 0 saturated carbocycles. The lowest BCUT2D eigenvalue weighted by atomic mass is 10.1. The normalized spacial score (nSPS) is 12.3. The molecule has 0 aliphatic carbocycles. The van der Waals surface area contributed by atoms with Crippen LogP contribution in [0.4, 0.5) is 4.39 Å². The first-order valence-corrected chi connectivity index (χ1v) is 6.75. The highest BCUT2D eigenvalue weighted by atomic mass is 79.9. The van der Waals surface area contributed by atoms with Gasteiger partial charge < -0.3 is 10.5 Å². The van der Waals surface area contributed by atoms with Crippen molar-refractivity contribution < 1.29 is 9.13 Å². The smallest absolute Gasteiger partial charge is 0.133 e. The predicted octanol–water partition coefficient (Wildman–Crippen LogP) is 4.71. The van der Waals surface area contributed by atoms with Crippen LogP contribution in [0.5, 0.6) is 11.5 Å². The van der Waals surface area contributed by atoms with Crippen LogP contribution in [0, 0.1) is 12.7 Å². The topological polar surface area (TPSA) is 35.2 Å². The summed E-state index contributed by atoms with van der Waals surface area (Å²) in [6.07, 6.45) is 0. The molecule has 2 aromatic rings. The molecule has 0 aliphatic heterocycles. The van der Waals surface area contributed by atoms with Crippen molar-refractivity contribution in [3.63, 3.8) is 0 Å². The van der Waals surface area contributed by atoms with Crippen LogP contribution < -0.4 is 10.5 Å². The van der Waals surface area contributed by atoms with E-state index in [4.69, 9.17) is 10.5 Å². The van der Waals surface area contributed by atoms with Gasteiger partial charge in [-0.3, -0.25) is 0 Å². The van der Waals surface area contributed by atoms with E-state index in [0.717, 1.165) is 10.0 Å². The average Bonchev–Trinajstić information content (AvgIpc) is 2.33. The summed E-state index contributed by atoms with van der Waals surface area (Å²) in [5, 5.41) is 0. The molecule has 1 atom stereocenters. The molecule has 0 fully saturated rings. The fourth-order valence-corrected chi connectivity index (χ4v) is 2.12. The molecule has 100 valence electrons. The highest BCUT2D eigenvalue weighted by Crippen LogP contribution is 2.32. The number of ether oxygens (including phenoxy) is 1. The first kappa shape index (κ1) is 14.0. The van der Waals surface area contributed by atoms with Gasteiger partial charge >= 0.3 is 0 Å². The molecule has 0 spiro atoms. The number of nitrogens with two attached hydrogens (primary N) is 1. The zero-order valence-corrected chi connectivity index (χ0v) is 12.4. The minimum atomic E-state index is -0.242. The van der Waals surface area contributed by atoms with Gasteiger partial charge in [0, 0.05) is 16.1 Å². The van der Waals surface area contributed by atoms with Crippen LogP contribution in [0.25, 0.3) is 0 Å². The van der Waals surface area contributed by atoms with E-state index < -0.39 is 0 Å². The number of hydrogen-bond donors (Lipinski definition) is 1. The van der Waals surface area contributed by atoms with Crippen LogP contribution in [0.2, 0.25) is 0 Å². The third kappa shape index (κ3) is 3.33. The summed E-state index contributed by atoms with van der Waals surface area (Å²) in [6.45, 7) is 3.60. The predicted molar refractivity (Wildman–Crippen MR) is 78.0 cm³/mol. The van der Waals surface area contributed by atoms with Crippen LogP contribution >= 0.6 is 15.9 Å². The molecule has 0 saturated heterocycles. The fraction of sp³-hybridized carbons (Fsp3) is 0.200. The molecule has 0 aliphatic rings. The summed E-state index contributed by atoms with van der Waals surface area (Å²) in [5.41, 5.74) is 7.38. The molecule has 1 unspecified atom stereocenters. The number of aryl methyl sites for hydroxylation is 1. The molecule has 2 nitrogen and oxygen atoms in total. The number of benzene rings is 2. The Morgan fingerprint density at radius 2 is 1.95 bits per heavy atom. The van der Waals surface area contributed by atoms with E-state index in [1.54, 1.807) is 19.1 Å². The van der Waals surface area contributed by atoms with Gasteiger partial charge in [0.2, 0.25) is 0 Å². The third-order valence-corrected chi connectivity index (χ3v) is 3.32. The van der Waals surface area contributed by atoms with Crippen molar-refractivity contribution in [1.29, 1.82) is 0 Å². The van der Waals surface area contributed by atoms with E-state index in [1.165, 1.54) is 6.07 Å². The molecular weight excluding hydrogens is 309 g/mol. The molecule has 0 aromatic heterocycles. The fourth-order valence-electron chi connectivity index (χ4n) is 1.78. The molecule has 19 heavy (non-hydrogen) atoms. The quantitative estimate of drug-likeness (QED) is 0.887. The number of hydrogen-bond acceptors (Lipinski definition) is 2. The first-order valence-electron chi connectivity index (χ1n) is 5.96. The van der Waals surface area contributed by atoms with Crippen molar-refractivity contribution in [3.8, 4) is 11.5 Å². The third-order valence-electron chi connectivity index (χ3n) is 2.82. The van der Waals surface area contributed by atoms with Crippen molar-refractivity contribution in [3.05, 3.63) is 57.8 Å². The number of rotatable bonds is 3. The SMILES string of the molecule is Cc1cc(Oc2cc(Br)ccc2C(C)N)ccc1F. The van der Waals surface area contributed by atoms with Crippen molar-refractivity contribution in [1.82, 2.24) is 0 Å². The summed E-state index contributed by atoms with van der Waals surface area (Å²) < 4.78 is 19.9. The van der Waals surface area contributed by atoms with E-state index in [2.05, 4.69) is 15.9 Å². The Bertz CT molecular complexity index is 599. The Morgan fingerprint density at radius 1 is 1.21 bits per heavy atom. The monoisotopic (exact) mass is 323 g/mol. The van der Waals surface area contributed by atoms with Gasteiger partial charge in [-0.2, -0.15) is 0 Å². The maximum atomic E-state index is 13.2. The van der Waals surface area contributed by atoms with Crippen molar-refractivity contribution in [2.45, 2.75) is 19.9 Å². The molecular formula is C15H15BrFNO. The summed E-state index contributed by atoms with van der Waals surface area (Å²) in [6, 6.07) is 10.2. The van der Waals surface area contributed by atoms with Crippen LogP contribution in [0.15, 0.2) is 40.9 Å². The molecule has 2 N–H and O–H groups in total. The minimum Gasteiger partial charge on any atom is -0.457 e. The molecule has 0 bridgehead atoms. The van der Waals surface area contributed by atoms with Crippen LogP contribution in [0.1, 0.15) is 24.1 Å². The van der Waals surface area contributed by atoms with Gasteiger partial charge in [0.1, 0.15) is 17.3 Å². The molecule has 4 heteroatoms. The van der Waals surface area contributed by atoms with Crippen LogP contribution in [-0.2, 0) is 0 Å². The van der Waals surface area contributed by atoms with Crippen LogP contribution in [-0.4, -0.2) is 0 Å². The van der Waals surface area contributed by atoms with Crippen LogP contribution in [0.3, 0.4) is 0 Å². The lowest BCUT2D eigenvalue weighted by Crippen LogP contribution is -2.06. The Morgan fingerprint density at radius 3 is 2.58 bits per heavy atom. The average molecular weight is 324 g/mol. The van der Waals surface area contributed by atoms with Crippen molar-refractivity contribution >= 4 is 15.9 Å². The Labute approximate surface area is 120 Å². The highest BCUT2D eigenvalue weighted by molar-refractivity contribution is 9.10. The van der Waals surface area contributed by atoms with Crippen molar-refractivity contribution in [2.24, 2.45) is 5.73 Å². The van der Waals surface area contributed by atoms with Gasteiger partial charge in [0.05, 0.1) is 0 Å². The Balaban J connectivity index is 2.36. The summed E-state index contributed by atoms with van der Waals surface area (Å²) in [4.78, 5) is 0. The molecule has 2 aromatic carbocycles. The van der Waals surface area contributed by atoms with E-state index in [9.17, 15) is 4.39 Å². The maximum Gasteiger partial charge on any atom is 0.133 e. The largest absolute Gasteiger partial charge is 0.457 e. The first-order chi connectivity index (χ1) is 8.97. The van der Waals surface area contributed by atoms with Gasteiger partial charge in [-0.05, 0) is 49.7 Å². The Kier molecular flexibility index (Phi) is 4.22. The lowest BCUT2D eigenvalue weighted by molar-refractivity contribution is 0.469. The molecule has 0 heterocycles. The summed E-state index contributed by atoms with van der Waals surface area (Å²) >= 11 is 3.40. The Hall–Kier alpha value is -1.39. The molecule has 2 rings (SSSR count). The van der Waals surface area contributed by atoms with Gasteiger partial charge in [-0.25, -0.2) is 4.39 Å². The maximum absolute atomic E-state index is 13.2. The van der Waals surface area contributed by atoms with Gasteiger partial charge in [-0.1, -0.05) is 22.0 Å². The second kappa shape index (κ2) is 5.72. The van der Waals surface area contributed by atoms with Crippen molar-refractivity contribution in [2.75, 3.05) is 0 Å². The lowest BCUT2D eigenvalue weighted by Gasteiger charge is -2.14. The van der Waals surface area contributed by atoms with E-state index in [-0.39, 0.29) is 11.9 Å². The van der Waals surface area contributed by atoms with Gasteiger partial charge in [0.15, 0.2) is 0 Å². The summed E-state index contributed by atoms with van der Waals surface area (Å²) in [7, 11) is 0. The van der Waals surface area contributed by atoms with E-state index in [1.807, 2.05) is 25.1 Å². The summed E-state index contributed by atoms with van der Waals surface area (Å²) in [5.74, 6) is 1.03. The standard InChI is InChI=1S/C15H15BrFNO/c1-9-7-12(4-6-14(9)17)19-15-8-11(16)3-5-13(15)10(2)18/h3-8,10H,18H2,1-2H3. The second-order valence-electron chi connectivity index (χ2n) is 4.48. The molecule has 0 radical (unpaired) electrons. The van der Waals surface area contributed by atoms with E-state index >= 15 is 0 Å². The molecule has 0 amide bonds. The minimum absolute atomic E-state index is 0.135. The van der Waals surface area contributed by atoms with E-state index in [0.29, 0.717) is 17.1 Å². The zero-order chi connectivity index (χ0) is 14.0. The second-order valence-corrected chi connectivity index (χ2v) is 5.40. The number of halogens is 2. The zero-order valence-electron chi connectivity index (χ0n) is 10.8. The van der Waals surface area contributed by atoms with Gasteiger partial charge in [0.25, 0.3) is 0 Å². The van der Waals surface area contributed by atoms with Gasteiger partial charge in [-0.15, -0.1) is 0 Å². The highest BCUT2D eigenvalue weighted by Gasteiger charge is 2.10.